The molecule has 1 aliphatic heterocycles. The van der Waals surface area contributed by atoms with Crippen LogP contribution in [-0.2, 0) is 12.8 Å². The van der Waals surface area contributed by atoms with Crippen LogP contribution in [0.1, 0.15) is 11.3 Å². The lowest BCUT2D eigenvalue weighted by atomic mass is 10.1. The zero-order valence-corrected chi connectivity index (χ0v) is 8.79. The number of halogens is 2. The van der Waals surface area contributed by atoms with Crippen molar-refractivity contribution in [2.45, 2.75) is 12.8 Å². The van der Waals surface area contributed by atoms with E-state index in [0.717, 1.165) is 31.6 Å². The highest BCUT2D eigenvalue weighted by Gasteiger charge is 2.08. The summed E-state index contributed by atoms with van der Waals surface area (Å²) in [7, 11) is 0. The van der Waals surface area contributed by atoms with Crippen LogP contribution in [0.2, 0.25) is 5.15 Å². The van der Waals surface area contributed by atoms with E-state index in [-0.39, 0.29) is 12.4 Å². The molecule has 0 unspecified atom stereocenters. The van der Waals surface area contributed by atoms with E-state index in [1.54, 1.807) is 0 Å². The van der Waals surface area contributed by atoms with Gasteiger partial charge in [0.25, 0.3) is 0 Å². The molecule has 1 aromatic rings. The van der Waals surface area contributed by atoms with Crippen LogP contribution in [0.15, 0.2) is 12.1 Å². The minimum Gasteiger partial charge on any atom is -0.316 e. The van der Waals surface area contributed by atoms with Crippen LogP contribution in [0.5, 0.6) is 0 Å². The molecule has 0 aromatic carbocycles. The van der Waals surface area contributed by atoms with Gasteiger partial charge in [-0.1, -0.05) is 17.7 Å². The Hall–Kier alpha value is -0.310. The summed E-state index contributed by atoms with van der Waals surface area (Å²) in [4.78, 5) is 4.30. The van der Waals surface area contributed by atoms with Gasteiger partial charge >= 0.3 is 0 Å². The first-order valence-corrected chi connectivity index (χ1v) is 4.59. The standard InChI is InChI=1S/C9H11ClN2.ClH/c10-9-2-1-7-3-5-11-6-4-8(7)12-9;/h1-2,11H,3-6H2;1H. The van der Waals surface area contributed by atoms with Crippen molar-refractivity contribution in [1.29, 1.82) is 0 Å². The molecule has 2 rings (SSSR count). The number of rotatable bonds is 0. The van der Waals surface area contributed by atoms with Gasteiger partial charge in [0, 0.05) is 18.7 Å². The summed E-state index contributed by atoms with van der Waals surface area (Å²) in [6.07, 6.45) is 2.06. The highest BCUT2D eigenvalue weighted by Crippen LogP contribution is 2.13. The van der Waals surface area contributed by atoms with Crippen molar-refractivity contribution in [3.05, 3.63) is 28.5 Å². The van der Waals surface area contributed by atoms with Crippen molar-refractivity contribution < 1.29 is 0 Å². The Labute approximate surface area is 89.1 Å². The van der Waals surface area contributed by atoms with Crippen molar-refractivity contribution in [1.82, 2.24) is 10.3 Å². The molecule has 0 atom stereocenters. The van der Waals surface area contributed by atoms with Gasteiger partial charge in [0.15, 0.2) is 0 Å². The average molecular weight is 219 g/mol. The number of pyridine rings is 1. The normalized spacial score (nSPS) is 15.5. The Morgan fingerprint density at radius 3 is 2.85 bits per heavy atom. The fourth-order valence-corrected chi connectivity index (χ4v) is 1.67. The minimum atomic E-state index is 0. The molecular weight excluding hydrogens is 207 g/mol. The molecule has 0 fully saturated rings. The van der Waals surface area contributed by atoms with Gasteiger partial charge in [-0.15, -0.1) is 12.4 Å². The molecule has 0 bridgehead atoms. The number of hydrogen-bond acceptors (Lipinski definition) is 2. The van der Waals surface area contributed by atoms with E-state index >= 15 is 0 Å². The fraction of sp³-hybridized carbons (Fsp3) is 0.444. The number of nitrogens with zero attached hydrogens (tertiary/aromatic N) is 1. The van der Waals surface area contributed by atoms with Crippen LogP contribution < -0.4 is 5.32 Å². The molecule has 1 N–H and O–H groups in total. The molecule has 72 valence electrons. The van der Waals surface area contributed by atoms with Crippen molar-refractivity contribution >= 4 is 24.0 Å². The van der Waals surface area contributed by atoms with Gasteiger partial charge in [-0.3, -0.25) is 0 Å². The first-order valence-electron chi connectivity index (χ1n) is 4.21. The molecule has 1 aliphatic rings. The molecule has 2 heterocycles. The Bertz CT molecular complexity index is 289. The summed E-state index contributed by atoms with van der Waals surface area (Å²) in [5.41, 5.74) is 2.50. The second kappa shape index (κ2) is 4.80. The highest BCUT2D eigenvalue weighted by atomic mass is 35.5. The van der Waals surface area contributed by atoms with Gasteiger partial charge in [0.2, 0.25) is 0 Å². The summed E-state index contributed by atoms with van der Waals surface area (Å²) in [5, 5.41) is 3.94. The average Bonchev–Trinajstić information content (AvgIpc) is 2.28. The molecule has 13 heavy (non-hydrogen) atoms. The van der Waals surface area contributed by atoms with Crippen LogP contribution in [-0.4, -0.2) is 18.1 Å². The molecule has 0 aliphatic carbocycles. The molecule has 0 saturated heterocycles. The Kier molecular flexibility index (Phi) is 3.97. The van der Waals surface area contributed by atoms with Crippen molar-refractivity contribution in [3.8, 4) is 0 Å². The lowest BCUT2D eigenvalue weighted by molar-refractivity contribution is 0.708. The van der Waals surface area contributed by atoms with Gasteiger partial charge in [-0.25, -0.2) is 4.98 Å². The maximum absolute atomic E-state index is 5.80. The molecule has 4 heteroatoms. The highest BCUT2D eigenvalue weighted by molar-refractivity contribution is 6.29. The summed E-state index contributed by atoms with van der Waals surface area (Å²) < 4.78 is 0. The maximum Gasteiger partial charge on any atom is 0.129 e. The molecule has 1 aromatic heterocycles. The Balaban J connectivity index is 0.000000845. The SMILES string of the molecule is Cl.Clc1ccc2c(n1)CCNCC2. The third-order valence-corrected chi connectivity index (χ3v) is 2.35. The van der Waals surface area contributed by atoms with Gasteiger partial charge in [-0.05, 0) is 24.6 Å². The van der Waals surface area contributed by atoms with E-state index < -0.39 is 0 Å². The van der Waals surface area contributed by atoms with Gasteiger partial charge < -0.3 is 5.32 Å². The third kappa shape index (κ3) is 2.56. The van der Waals surface area contributed by atoms with Crippen molar-refractivity contribution in [2.24, 2.45) is 0 Å². The van der Waals surface area contributed by atoms with Gasteiger partial charge in [0.05, 0.1) is 0 Å². The van der Waals surface area contributed by atoms with E-state index in [1.807, 2.05) is 6.07 Å². The fourth-order valence-electron chi connectivity index (χ4n) is 1.50. The first-order chi connectivity index (χ1) is 5.86. The molecule has 0 amide bonds. The maximum atomic E-state index is 5.80. The summed E-state index contributed by atoms with van der Waals surface area (Å²) in [5.74, 6) is 0. The van der Waals surface area contributed by atoms with Crippen molar-refractivity contribution in [3.63, 3.8) is 0 Å². The Morgan fingerprint density at radius 2 is 2.00 bits per heavy atom. The molecule has 2 nitrogen and oxygen atoms in total. The topological polar surface area (TPSA) is 24.9 Å². The second-order valence-electron chi connectivity index (χ2n) is 2.99. The van der Waals surface area contributed by atoms with E-state index in [4.69, 9.17) is 11.6 Å². The second-order valence-corrected chi connectivity index (χ2v) is 3.38. The molecule has 0 saturated carbocycles. The number of hydrogen-bond donors (Lipinski definition) is 1. The largest absolute Gasteiger partial charge is 0.316 e. The summed E-state index contributed by atoms with van der Waals surface area (Å²) in [6.45, 7) is 2.07. The quantitative estimate of drug-likeness (QED) is 0.673. The van der Waals surface area contributed by atoms with Crippen LogP contribution in [0, 0.1) is 0 Å². The first kappa shape index (κ1) is 10.8. The smallest absolute Gasteiger partial charge is 0.129 e. The zero-order chi connectivity index (χ0) is 8.39. The van der Waals surface area contributed by atoms with Crippen LogP contribution >= 0.6 is 24.0 Å². The van der Waals surface area contributed by atoms with E-state index in [2.05, 4.69) is 16.4 Å². The number of aromatic nitrogens is 1. The number of fused-ring (bicyclic) bond motifs is 1. The summed E-state index contributed by atoms with van der Waals surface area (Å²) in [6, 6.07) is 3.95. The summed E-state index contributed by atoms with van der Waals surface area (Å²) >= 11 is 5.80. The lowest BCUT2D eigenvalue weighted by Gasteiger charge is -2.02. The lowest BCUT2D eigenvalue weighted by Crippen LogP contribution is -2.16. The van der Waals surface area contributed by atoms with Gasteiger partial charge in [0.1, 0.15) is 5.15 Å². The van der Waals surface area contributed by atoms with Gasteiger partial charge in [-0.2, -0.15) is 0 Å². The number of nitrogens with one attached hydrogen (secondary N) is 1. The predicted octanol–water partition coefficient (Wildman–Crippen LogP) is 1.84. The van der Waals surface area contributed by atoms with Crippen LogP contribution in [0.25, 0.3) is 0 Å². The monoisotopic (exact) mass is 218 g/mol. The van der Waals surface area contributed by atoms with E-state index in [1.165, 1.54) is 5.56 Å². The molecular formula is C9H12Cl2N2. The van der Waals surface area contributed by atoms with Crippen molar-refractivity contribution in [2.75, 3.05) is 13.1 Å². The molecule has 0 radical (unpaired) electrons. The minimum absolute atomic E-state index is 0. The van der Waals surface area contributed by atoms with Crippen LogP contribution in [0.3, 0.4) is 0 Å². The van der Waals surface area contributed by atoms with Crippen LogP contribution in [0.4, 0.5) is 0 Å². The zero-order valence-electron chi connectivity index (χ0n) is 7.22. The predicted molar refractivity (Wildman–Crippen MR) is 56.8 cm³/mol. The third-order valence-electron chi connectivity index (χ3n) is 2.14. The molecule has 0 spiro atoms. The van der Waals surface area contributed by atoms with E-state index in [0.29, 0.717) is 5.15 Å². The Morgan fingerprint density at radius 1 is 1.23 bits per heavy atom. The van der Waals surface area contributed by atoms with E-state index in [9.17, 15) is 0 Å².